The zero-order valence-electron chi connectivity index (χ0n) is 8.95. The third kappa shape index (κ3) is 1.81. The first-order valence-corrected chi connectivity index (χ1v) is 6.15. The summed E-state index contributed by atoms with van der Waals surface area (Å²) in [5.74, 6) is 0. The normalized spacial score (nSPS) is 12.8. The first-order chi connectivity index (χ1) is 8.36. The Labute approximate surface area is 102 Å². The molecule has 0 saturated heterocycles. The molecule has 4 heteroatoms. The van der Waals surface area contributed by atoms with Crippen LogP contribution in [0.5, 0.6) is 0 Å². The SMILES string of the molecule is OC(c1nccs1)c1cccc2cccnc12. The van der Waals surface area contributed by atoms with Gasteiger partial charge in [0.1, 0.15) is 11.1 Å². The molecule has 0 bridgehead atoms. The molecule has 2 heterocycles. The molecule has 0 radical (unpaired) electrons. The molecular formula is C13H10N2OS. The number of nitrogens with zero attached hydrogens (tertiary/aromatic N) is 2. The zero-order valence-corrected chi connectivity index (χ0v) is 9.76. The second-order valence-corrected chi connectivity index (χ2v) is 4.62. The van der Waals surface area contributed by atoms with Crippen molar-refractivity contribution in [1.82, 2.24) is 9.97 Å². The number of hydrogen-bond donors (Lipinski definition) is 1. The lowest BCUT2D eigenvalue weighted by Gasteiger charge is -2.10. The molecule has 84 valence electrons. The maximum atomic E-state index is 10.3. The van der Waals surface area contributed by atoms with Crippen molar-refractivity contribution in [3.05, 3.63) is 58.7 Å². The van der Waals surface area contributed by atoms with Crippen molar-refractivity contribution >= 4 is 22.2 Å². The average Bonchev–Trinajstić information content (AvgIpc) is 2.91. The molecule has 0 spiro atoms. The van der Waals surface area contributed by atoms with E-state index in [1.54, 1.807) is 12.4 Å². The fraction of sp³-hybridized carbons (Fsp3) is 0.0769. The van der Waals surface area contributed by atoms with Gasteiger partial charge in [0.25, 0.3) is 0 Å². The van der Waals surface area contributed by atoms with E-state index in [2.05, 4.69) is 9.97 Å². The Balaban J connectivity index is 2.17. The zero-order chi connectivity index (χ0) is 11.7. The number of rotatable bonds is 2. The summed E-state index contributed by atoms with van der Waals surface area (Å²) in [5.41, 5.74) is 1.63. The number of hydrogen-bond acceptors (Lipinski definition) is 4. The van der Waals surface area contributed by atoms with Gasteiger partial charge in [0, 0.05) is 28.7 Å². The summed E-state index contributed by atoms with van der Waals surface area (Å²) in [5, 5.41) is 13.9. The number of para-hydroxylation sites is 1. The molecule has 1 aromatic carbocycles. The number of thiazole rings is 1. The lowest BCUT2D eigenvalue weighted by atomic mass is 10.1. The van der Waals surface area contributed by atoms with Crippen LogP contribution in [0.1, 0.15) is 16.7 Å². The van der Waals surface area contributed by atoms with Gasteiger partial charge in [-0.2, -0.15) is 0 Å². The minimum absolute atomic E-state index is 0.697. The summed E-state index contributed by atoms with van der Waals surface area (Å²) in [6, 6.07) is 9.68. The lowest BCUT2D eigenvalue weighted by molar-refractivity contribution is 0.221. The lowest BCUT2D eigenvalue weighted by Crippen LogP contribution is -2.00. The van der Waals surface area contributed by atoms with Gasteiger partial charge in [-0.05, 0) is 6.07 Å². The van der Waals surface area contributed by atoms with Crippen molar-refractivity contribution in [2.75, 3.05) is 0 Å². The standard InChI is InChI=1S/C13H10N2OS/c16-12(13-15-7-8-17-13)10-5-1-3-9-4-2-6-14-11(9)10/h1-8,12,16H. The monoisotopic (exact) mass is 242 g/mol. The van der Waals surface area contributed by atoms with Crippen LogP contribution in [0.25, 0.3) is 10.9 Å². The fourth-order valence-electron chi connectivity index (χ4n) is 1.85. The number of aliphatic hydroxyl groups is 1. The van der Waals surface area contributed by atoms with Crippen LogP contribution in [-0.2, 0) is 0 Å². The topological polar surface area (TPSA) is 46.0 Å². The molecule has 1 unspecified atom stereocenters. The molecule has 0 aliphatic heterocycles. The molecule has 1 atom stereocenters. The maximum Gasteiger partial charge on any atom is 0.133 e. The minimum atomic E-state index is -0.700. The Kier molecular flexibility index (Phi) is 2.59. The molecule has 0 amide bonds. The van der Waals surface area contributed by atoms with E-state index in [1.807, 2.05) is 35.7 Å². The van der Waals surface area contributed by atoms with Crippen LogP contribution in [0.15, 0.2) is 48.1 Å². The largest absolute Gasteiger partial charge is 0.381 e. The number of aliphatic hydroxyl groups excluding tert-OH is 1. The first kappa shape index (κ1) is 10.4. The fourth-order valence-corrected chi connectivity index (χ4v) is 2.49. The highest BCUT2D eigenvalue weighted by Crippen LogP contribution is 2.28. The molecule has 3 aromatic rings. The van der Waals surface area contributed by atoms with E-state index >= 15 is 0 Å². The summed E-state index contributed by atoms with van der Waals surface area (Å²) >= 11 is 1.45. The van der Waals surface area contributed by atoms with Crippen molar-refractivity contribution in [2.24, 2.45) is 0 Å². The summed E-state index contributed by atoms with van der Waals surface area (Å²) in [6.45, 7) is 0. The Hall–Kier alpha value is -1.78. The Morgan fingerprint density at radius 1 is 1.06 bits per heavy atom. The molecular weight excluding hydrogens is 232 g/mol. The van der Waals surface area contributed by atoms with Gasteiger partial charge in [-0.1, -0.05) is 24.3 Å². The van der Waals surface area contributed by atoms with Gasteiger partial charge < -0.3 is 5.11 Å². The number of benzene rings is 1. The molecule has 0 fully saturated rings. The van der Waals surface area contributed by atoms with E-state index in [0.29, 0.717) is 5.01 Å². The van der Waals surface area contributed by atoms with E-state index in [9.17, 15) is 5.11 Å². The Morgan fingerprint density at radius 2 is 1.94 bits per heavy atom. The van der Waals surface area contributed by atoms with Crippen LogP contribution >= 0.6 is 11.3 Å². The van der Waals surface area contributed by atoms with E-state index in [1.165, 1.54) is 11.3 Å². The number of fused-ring (bicyclic) bond motifs is 1. The third-order valence-electron chi connectivity index (χ3n) is 2.64. The van der Waals surface area contributed by atoms with E-state index in [4.69, 9.17) is 0 Å². The number of pyridine rings is 1. The van der Waals surface area contributed by atoms with Crippen molar-refractivity contribution in [3.8, 4) is 0 Å². The highest BCUT2D eigenvalue weighted by Gasteiger charge is 2.16. The van der Waals surface area contributed by atoms with Crippen LogP contribution in [0.2, 0.25) is 0 Å². The van der Waals surface area contributed by atoms with Gasteiger partial charge in [0.05, 0.1) is 5.52 Å². The first-order valence-electron chi connectivity index (χ1n) is 5.27. The maximum absolute atomic E-state index is 10.3. The molecule has 3 nitrogen and oxygen atoms in total. The summed E-state index contributed by atoms with van der Waals surface area (Å²) < 4.78 is 0. The summed E-state index contributed by atoms with van der Waals surface area (Å²) in [4.78, 5) is 8.47. The second kappa shape index (κ2) is 4.24. The van der Waals surface area contributed by atoms with Crippen LogP contribution in [0.3, 0.4) is 0 Å². The van der Waals surface area contributed by atoms with Gasteiger partial charge in [0.2, 0.25) is 0 Å². The van der Waals surface area contributed by atoms with E-state index in [0.717, 1.165) is 16.5 Å². The second-order valence-electron chi connectivity index (χ2n) is 3.70. The molecule has 0 aliphatic rings. The Bertz CT molecular complexity index is 631. The van der Waals surface area contributed by atoms with Crippen molar-refractivity contribution in [3.63, 3.8) is 0 Å². The van der Waals surface area contributed by atoms with Gasteiger partial charge in [-0.25, -0.2) is 4.98 Å². The molecule has 3 rings (SSSR count). The van der Waals surface area contributed by atoms with Crippen LogP contribution < -0.4 is 0 Å². The van der Waals surface area contributed by atoms with Crippen LogP contribution in [0.4, 0.5) is 0 Å². The predicted molar refractivity (Wildman–Crippen MR) is 67.9 cm³/mol. The van der Waals surface area contributed by atoms with Gasteiger partial charge >= 0.3 is 0 Å². The third-order valence-corrected chi connectivity index (χ3v) is 3.47. The summed E-state index contributed by atoms with van der Waals surface area (Å²) in [6.07, 6.45) is 2.73. The van der Waals surface area contributed by atoms with Crippen molar-refractivity contribution < 1.29 is 5.11 Å². The highest BCUT2D eigenvalue weighted by atomic mass is 32.1. The van der Waals surface area contributed by atoms with E-state index < -0.39 is 6.10 Å². The van der Waals surface area contributed by atoms with Gasteiger partial charge in [-0.15, -0.1) is 11.3 Å². The van der Waals surface area contributed by atoms with Gasteiger partial charge in [-0.3, -0.25) is 4.98 Å². The van der Waals surface area contributed by atoms with Crippen LogP contribution in [-0.4, -0.2) is 15.1 Å². The molecule has 1 N–H and O–H groups in total. The Morgan fingerprint density at radius 3 is 2.76 bits per heavy atom. The predicted octanol–water partition coefficient (Wildman–Crippen LogP) is 2.77. The smallest absolute Gasteiger partial charge is 0.133 e. The molecule has 17 heavy (non-hydrogen) atoms. The molecule has 0 saturated carbocycles. The average molecular weight is 242 g/mol. The van der Waals surface area contributed by atoms with Gasteiger partial charge in [0.15, 0.2) is 0 Å². The quantitative estimate of drug-likeness (QED) is 0.751. The highest BCUT2D eigenvalue weighted by molar-refractivity contribution is 7.09. The van der Waals surface area contributed by atoms with E-state index in [-0.39, 0.29) is 0 Å². The molecule has 2 aromatic heterocycles. The van der Waals surface area contributed by atoms with Crippen LogP contribution in [0, 0.1) is 0 Å². The minimum Gasteiger partial charge on any atom is -0.381 e. The summed E-state index contributed by atoms with van der Waals surface area (Å²) in [7, 11) is 0. The number of aromatic nitrogens is 2. The molecule has 0 aliphatic carbocycles. The van der Waals surface area contributed by atoms with Crippen molar-refractivity contribution in [2.45, 2.75) is 6.10 Å². The van der Waals surface area contributed by atoms with Crippen molar-refractivity contribution in [1.29, 1.82) is 0 Å².